The Bertz CT molecular complexity index is 959. The van der Waals surface area contributed by atoms with E-state index in [-0.39, 0.29) is 41.2 Å². The first-order valence-electron chi connectivity index (χ1n) is 20.1. The minimum atomic E-state index is -3.05. The van der Waals surface area contributed by atoms with E-state index in [4.69, 9.17) is 23.1 Å². The van der Waals surface area contributed by atoms with E-state index in [1.165, 1.54) is 62.5 Å². The summed E-state index contributed by atoms with van der Waals surface area (Å²) >= 11 is -3.05. The summed E-state index contributed by atoms with van der Waals surface area (Å²) in [5, 5.41) is 0.128. The molecule has 0 heterocycles. The number of rotatable bonds is 26. The van der Waals surface area contributed by atoms with Crippen LogP contribution in [-0.2, 0) is 27.9 Å². The van der Waals surface area contributed by atoms with E-state index in [2.05, 4.69) is 115 Å². The molecule has 0 aromatic carbocycles. The second kappa shape index (κ2) is 22.8. The topological polar surface area (TPSA) is 63.2 Å². The third kappa shape index (κ3) is 18.7. The SMILES string of the molecule is CCC[CH2][Sn]([CH2]CCC)([CH2]CCC)/[C](=C/C(=O)OC)C[C@@H](C[C@@H](OCOCC[Si](C)(C)C)[C@@H](C)O[Si](C)(C)C(C)(C)C)O[Si](C)(C)C(C)(C)C. The zero-order chi connectivity index (χ0) is 39.0. The Morgan fingerprint density at radius 1 is 0.760 bits per heavy atom. The summed E-state index contributed by atoms with van der Waals surface area (Å²) in [6.07, 6.45) is 10.2. The van der Waals surface area contributed by atoms with Gasteiger partial charge in [-0.1, -0.05) is 0 Å². The van der Waals surface area contributed by atoms with Gasteiger partial charge < -0.3 is 0 Å². The number of esters is 1. The summed E-state index contributed by atoms with van der Waals surface area (Å²) in [7, 11) is -3.97. The van der Waals surface area contributed by atoms with Crippen molar-refractivity contribution in [1.29, 1.82) is 0 Å². The molecule has 0 aromatic rings. The fourth-order valence-electron chi connectivity index (χ4n) is 5.99. The number of hydrogen-bond acceptors (Lipinski definition) is 6. The Hall–Kier alpha value is 0.499. The molecule has 0 fully saturated rings. The summed E-state index contributed by atoms with van der Waals surface area (Å²) in [6.45, 7) is 40.4. The van der Waals surface area contributed by atoms with Gasteiger partial charge in [0, 0.05) is 0 Å². The van der Waals surface area contributed by atoms with Crippen molar-refractivity contribution in [3.63, 3.8) is 0 Å². The maximum atomic E-state index is 13.2. The molecule has 10 heteroatoms. The second-order valence-electron chi connectivity index (χ2n) is 19.3. The number of ether oxygens (including phenoxy) is 3. The Labute approximate surface area is 319 Å². The average molecular weight is 866 g/mol. The first-order chi connectivity index (χ1) is 22.8. The average Bonchev–Trinajstić information content (AvgIpc) is 2.97. The molecule has 0 aliphatic rings. The van der Waals surface area contributed by atoms with Gasteiger partial charge in [0.15, 0.2) is 0 Å². The van der Waals surface area contributed by atoms with Crippen molar-refractivity contribution >= 4 is 49.1 Å². The van der Waals surface area contributed by atoms with E-state index >= 15 is 0 Å². The normalized spacial score (nSPS) is 16.0. The van der Waals surface area contributed by atoms with Crippen LogP contribution in [0.1, 0.15) is 121 Å². The molecule has 3 atom stereocenters. The van der Waals surface area contributed by atoms with Crippen molar-refractivity contribution in [1.82, 2.24) is 0 Å². The number of carbonyl (C=O) groups excluding carboxylic acids is 1. The maximum absolute atomic E-state index is 13.2. The molecule has 0 saturated heterocycles. The third-order valence-electron chi connectivity index (χ3n) is 11.6. The molecule has 0 rings (SSSR count). The van der Waals surface area contributed by atoms with Crippen LogP contribution in [0.3, 0.4) is 0 Å². The standard InChI is InChI=1S/C28H59O6Si3.3C4H9.Sn/c1-23(33-36(12,13)27(2,3)4)25(32-22-31-19-20-35(9,10)11)21-24(17-16-18-26(29)30-8)34-37(14,15)28(5,6)7;3*1-3-4-2;/h18,23-25H,17,19-22H2,1-15H3;3*1,3-4H2,2H3;/t23-,24+,25-;;;;/m1..../s1. The predicted molar refractivity (Wildman–Crippen MR) is 228 cm³/mol. The summed E-state index contributed by atoms with van der Waals surface area (Å²) < 4.78 is 37.9. The van der Waals surface area contributed by atoms with Crippen LogP contribution in [0, 0.1) is 0 Å². The molecule has 0 aromatic heterocycles. The van der Waals surface area contributed by atoms with E-state index in [1.807, 2.05) is 6.08 Å². The molecular weight excluding hydrogens is 779 g/mol. The van der Waals surface area contributed by atoms with Crippen LogP contribution < -0.4 is 0 Å². The van der Waals surface area contributed by atoms with Gasteiger partial charge in [-0.15, -0.1) is 0 Å². The number of methoxy groups -OCH3 is 1. The summed E-state index contributed by atoms with van der Waals surface area (Å²) in [5.41, 5.74) is 0. The van der Waals surface area contributed by atoms with Crippen molar-refractivity contribution in [2.45, 2.75) is 214 Å². The second-order valence-corrected chi connectivity index (χ2v) is 47.9. The van der Waals surface area contributed by atoms with E-state index in [9.17, 15) is 4.79 Å². The summed E-state index contributed by atoms with van der Waals surface area (Å²) in [5.74, 6) is -0.213. The van der Waals surface area contributed by atoms with Crippen molar-refractivity contribution in [2.75, 3.05) is 20.5 Å². The van der Waals surface area contributed by atoms with Gasteiger partial charge in [-0.3, -0.25) is 0 Å². The molecule has 0 aliphatic heterocycles. The quantitative estimate of drug-likeness (QED) is 0.0284. The molecular formula is C40H86O6Si3Sn. The van der Waals surface area contributed by atoms with Crippen molar-refractivity contribution in [3.05, 3.63) is 9.67 Å². The van der Waals surface area contributed by atoms with Gasteiger partial charge in [0.25, 0.3) is 0 Å². The van der Waals surface area contributed by atoms with Crippen LogP contribution in [0.25, 0.3) is 0 Å². The number of unbranched alkanes of at least 4 members (excludes halogenated alkanes) is 3. The van der Waals surface area contributed by atoms with Gasteiger partial charge in [-0.2, -0.15) is 0 Å². The Kier molecular flexibility index (Phi) is 23.0. The monoisotopic (exact) mass is 866 g/mol. The molecule has 0 spiro atoms. The van der Waals surface area contributed by atoms with Gasteiger partial charge in [0.2, 0.25) is 0 Å². The van der Waals surface area contributed by atoms with E-state index < -0.39 is 43.1 Å². The van der Waals surface area contributed by atoms with Crippen LogP contribution >= 0.6 is 0 Å². The molecule has 0 saturated carbocycles. The molecule has 0 amide bonds. The molecule has 0 N–H and O–H groups in total. The first-order valence-corrected chi connectivity index (χ1v) is 37.2. The predicted octanol–water partition coefficient (Wildman–Crippen LogP) is 12.8. The van der Waals surface area contributed by atoms with Crippen molar-refractivity contribution < 1.29 is 27.9 Å². The van der Waals surface area contributed by atoms with E-state index in [0.717, 1.165) is 19.1 Å². The summed E-state index contributed by atoms with van der Waals surface area (Å²) in [6, 6.07) is 1.11. The molecule has 0 unspecified atom stereocenters. The van der Waals surface area contributed by atoms with Crippen molar-refractivity contribution in [2.24, 2.45) is 0 Å². The molecule has 298 valence electrons. The third-order valence-corrected chi connectivity index (χ3v) is 38.5. The van der Waals surface area contributed by atoms with E-state index in [1.54, 1.807) is 0 Å². The minimum absolute atomic E-state index is 0.0457. The number of hydrogen-bond donors (Lipinski definition) is 0. The van der Waals surface area contributed by atoms with Gasteiger partial charge in [-0.25, -0.2) is 0 Å². The fraction of sp³-hybridized carbons (Fsp3) is 0.925. The van der Waals surface area contributed by atoms with Crippen LogP contribution in [0.15, 0.2) is 9.67 Å². The van der Waals surface area contributed by atoms with Gasteiger partial charge in [0.05, 0.1) is 0 Å². The Morgan fingerprint density at radius 3 is 1.62 bits per heavy atom. The zero-order valence-corrected chi connectivity index (χ0v) is 42.5. The van der Waals surface area contributed by atoms with Crippen LogP contribution in [0.4, 0.5) is 0 Å². The Balaban J connectivity index is 7.15. The number of carbonyl (C=O) groups is 1. The van der Waals surface area contributed by atoms with Crippen LogP contribution in [-0.4, -0.2) is 87.9 Å². The van der Waals surface area contributed by atoms with Gasteiger partial charge >= 0.3 is 321 Å². The zero-order valence-electron chi connectivity index (χ0n) is 36.7. The molecule has 50 heavy (non-hydrogen) atoms. The van der Waals surface area contributed by atoms with Gasteiger partial charge in [0.1, 0.15) is 0 Å². The van der Waals surface area contributed by atoms with Crippen LogP contribution in [0.2, 0.25) is 75.3 Å². The Morgan fingerprint density at radius 2 is 1.22 bits per heavy atom. The molecule has 6 nitrogen and oxygen atoms in total. The van der Waals surface area contributed by atoms with Crippen molar-refractivity contribution in [3.8, 4) is 0 Å². The molecule has 0 aliphatic carbocycles. The fourth-order valence-corrected chi connectivity index (χ4v) is 26.4. The molecule has 0 radical (unpaired) electrons. The van der Waals surface area contributed by atoms with E-state index in [0.29, 0.717) is 6.42 Å². The van der Waals surface area contributed by atoms with Gasteiger partial charge in [-0.05, 0) is 0 Å². The summed E-state index contributed by atoms with van der Waals surface area (Å²) in [4.78, 5) is 13.2. The molecule has 0 bridgehead atoms. The first kappa shape index (κ1) is 50.5. The van der Waals surface area contributed by atoms with Crippen LogP contribution in [0.5, 0.6) is 0 Å².